The first-order valence-corrected chi connectivity index (χ1v) is 8.28. The van der Waals surface area contributed by atoms with E-state index >= 15 is 0 Å². The lowest BCUT2D eigenvalue weighted by Crippen LogP contribution is -2.32. The second-order valence-electron chi connectivity index (χ2n) is 5.49. The summed E-state index contributed by atoms with van der Waals surface area (Å²) in [6.45, 7) is 3.25. The lowest BCUT2D eigenvalue weighted by Gasteiger charge is -2.33. The SMILES string of the molecule is CC(=O)C1=C(C)N=C2SC=CN2C1c1ccc(OCC(N)=O)cc1. The van der Waals surface area contributed by atoms with Crippen molar-refractivity contribution in [3.05, 3.63) is 52.7 Å². The number of ketones is 1. The Morgan fingerprint density at radius 3 is 2.67 bits per heavy atom. The molecule has 1 aromatic carbocycles. The number of benzene rings is 1. The number of carbonyl (C=O) groups is 2. The zero-order chi connectivity index (χ0) is 17.3. The molecule has 3 rings (SSSR count). The molecule has 1 atom stereocenters. The minimum absolute atomic E-state index is 0.000319. The second kappa shape index (κ2) is 6.52. The first-order chi connectivity index (χ1) is 11.5. The smallest absolute Gasteiger partial charge is 0.255 e. The van der Waals surface area contributed by atoms with Crippen molar-refractivity contribution < 1.29 is 14.3 Å². The molecule has 1 aromatic rings. The van der Waals surface area contributed by atoms with Gasteiger partial charge in [0.1, 0.15) is 5.75 Å². The van der Waals surface area contributed by atoms with Gasteiger partial charge in [0, 0.05) is 17.5 Å². The number of ether oxygens (including phenoxy) is 1. The Labute approximate surface area is 144 Å². The molecule has 0 radical (unpaired) electrons. The highest BCUT2D eigenvalue weighted by atomic mass is 32.2. The van der Waals surface area contributed by atoms with E-state index in [0.717, 1.165) is 16.4 Å². The Balaban J connectivity index is 1.93. The Hall–Kier alpha value is -2.54. The monoisotopic (exact) mass is 343 g/mol. The number of hydrogen-bond donors (Lipinski definition) is 1. The number of hydrogen-bond acceptors (Lipinski definition) is 6. The van der Waals surface area contributed by atoms with Crippen LogP contribution < -0.4 is 10.5 Å². The molecule has 6 nitrogen and oxygen atoms in total. The summed E-state index contributed by atoms with van der Waals surface area (Å²) >= 11 is 1.53. The molecular weight excluding hydrogens is 326 g/mol. The minimum Gasteiger partial charge on any atom is -0.484 e. The topological polar surface area (TPSA) is 85.0 Å². The lowest BCUT2D eigenvalue weighted by molar-refractivity contribution is -0.120. The normalized spacial score (nSPS) is 19.2. The largest absolute Gasteiger partial charge is 0.484 e. The molecule has 124 valence electrons. The van der Waals surface area contributed by atoms with E-state index in [4.69, 9.17) is 10.5 Å². The quantitative estimate of drug-likeness (QED) is 0.887. The van der Waals surface area contributed by atoms with Crippen molar-refractivity contribution in [1.82, 2.24) is 4.90 Å². The molecule has 0 fully saturated rings. The van der Waals surface area contributed by atoms with Crippen LogP contribution in [0.1, 0.15) is 25.5 Å². The van der Waals surface area contributed by atoms with E-state index in [9.17, 15) is 9.59 Å². The van der Waals surface area contributed by atoms with Gasteiger partial charge in [-0.25, -0.2) is 4.99 Å². The molecule has 0 aliphatic carbocycles. The molecular formula is C17H17N3O3S. The van der Waals surface area contributed by atoms with Gasteiger partial charge in [-0.2, -0.15) is 0 Å². The number of nitrogens with two attached hydrogens (primary N) is 1. The highest BCUT2D eigenvalue weighted by molar-refractivity contribution is 8.16. The Bertz CT molecular complexity index is 781. The molecule has 0 saturated heterocycles. The zero-order valence-electron chi connectivity index (χ0n) is 13.4. The Morgan fingerprint density at radius 2 is 2.04 bits per heavy atom. The van der Waals surface area contributed by atoms with Crippen LogP contribution in [0.25, 0.3) is 0 Å². The molecule has 0 spiro atoms. The van der Waals surface area contributed by atoms with E-state index < -0.39 is 5.91 Å². The number of amidine groups is 1. The van der Waals surface area contributed by atoms with Crippen LogP contribution in [-0.4, -0.2) is 28.4 Å². The van der Waals surface area contributed by atoms with Crippen LogP contribution in [0.4, 0.5) is 0 Å². The summed E-state index contributed by atoms with van der Waals surface area (Å²) in [5.74, 6) is 0.0298. The molecule has 7 heteroatoms. The lowest BCUT2D eigenvalue weighted by atomic mass is 9.92. The van der Waals surface area contributed by atoms with E-state index in [1.54, 1.807) is 19.1 Å². The van der Waals surface area contributed by atoms with Crippen molar-refractivity contribution >= 4 is 28.6 Å². The molecule has 2 aliphatic rings. The number of primary amides is 1. The maximum atomic E-state index is 12.2. The molecule has 0 bridgehead atoms. The van der Waals surface area contributed by atoms with Crippen molar-refractivity contribution in [2.75, 3.05) is 6.61 Å². The van der Waals surface area contributed by atoms with Gasteiger partial charge < -0.3 is 15.4 Å². The number of Topliss-reactive ketones (excluding diaryl/α,β-unsaturated/α-hetero) is 1. The number of amides is 1. The predicted molar refractivity (Wildman–Crippen MR) is 93.3 cm³/mol. The van der Waals surface area contributed by atoms with Crippen LogP contribution in [-0.2, 0) is 9.59 Å². The third-order valence-electron chi connectivity index (χ3n) is 3.78. The minimum atomic E-state index is -0.524. The summed E-state index contributed by atoms with van der Waals surface area (Å²) < 4.78 is 5.28. The number of aliphatic imine (C=N–C) groups is 1. The van der Waals surface area contributed by atoms with Gasteiger partial charge in [-0.05, 0) is 37.0 Å². The van der Waals surface area contributed by atoms with Crippen LogP contribution in [0.5, 0.6) is 5.75 Å². The average molecular weight is 343 g/mol. The van der Waals surface area contributed by atoms with Crippen molar-refractivity contribution in [1.29, 1.82) is 0 Å². The van der Waals surface area contributed by atoms with Gasteiger partial charge in [-0.1, -0.05) is 23.9 Å². The standard InChI is InChI=1S/C17H17N3O3S/c1-10-15(11(2)21)16(20-7-8-24-17(20)19-10)12-3-5-13(6-4-12)23-9-14(18)22/h3-8,16H,9H2,1-2H3,(H2,18,22). The van der Waals surface area contributed by atoms with Crippen LogP contribution in [0, 0.1) is 0 Å². The van der Waals surface area contributed by atoms with Gasteiger partial charge in [-0.15, -0.1) is 0 Å². The first kappa shape index (κ1) is 16.3. The van der Waals surface area contributed by atoms with E-state index in [1.165, 1.54) is 11.8 Å². The van der Waals surface area contributed by atoms with Gasteiger partial charge in [0.15, 0.2) is 17.6 Å². The number of carbonyl (C=O) groups excluding carboxylic acids is 2. The molecule has 1 unspecified atom stereocenters. The fourth-order valence-corrected chi connectivity index (χ4v) is 3.57. The fraction of sp³-hybridized carbons (Fsp3) is 0.235. The molecule has 2 N–H and O–H groups in total. The van der Waals surface area contributed by atoms with Gasteiger partial charge >= 0.3 is 0 Å². The van der Waals surface area contributed by atoms with E-state index in [1.807, 2.05) is 35.6 Å². The zero-order valence-corrected chi connectivity index (χ0v) is 14.2. The fourth-order valence-electron chi connectivity index (χ4n) is 2.78. The van der Waals surface area contributed by atoms with Crippen molar-refractivity contribution in [2.45, 2.75) is 19.9 Å². The van der Waals surface area contributed by atoms with Gasteiger partial charge in [0.25, 0.3) is 5.91 Å². The van der Waals surface area contributed by atoms with Crippen molar-refractivity contribution in [3.8, 4) is 5.75 Å². The van der Waals surface area contributed by atoms with E-state index in [0.29, 0.717) is 11.3 Å². The number of thioether (sulfide) groups is 1. The number of fused-ring (bicyclic) bond motifs is 1. The number of rotatable bonds is 5. The van der Waals surface area contributed by atoms with Crippen molar-refractivity contribution in [2.24, 2.45) is 10.7 Å². The summed E-state index contributed by atoms with van der Waals surface area (Å²) in [6, 6.07) is 7.09. The summed E-state index contributed by atoms with van der Waals surface area (Å²) in [7, 11) is 0. The highest BCUT2D eigenvalue weighted by Crippen LogP contribution is 2.41. The molecule has 0 aromatic heterocycles. The summed E-state index contributed by atoms with van der Waals surface area (Å²) in [4.78, 5) is 29.5. The first-order valence-electron chi connectivity index (χ1n) is 7.40. The number of nitrogens with zero attached hydrogens (tertiary/aromatic N) is 2. The molecule has 2 aliphatic heterocycles. The summed E-state index contributed by atoms with van der Waals surface area (Å²) in [6.07, 6.45) is 1.93. The average Bonchev–Trinajstić information content (AvgIpc) is 2.99. The van der Waals surface area contributed by atoms with Crippen LogP contribution >= 0.6 is 11.8 Å². The molecule has 1 amide bonds. The molecule has 2 heterocycles. The van der Waals surface area contributed by atoms with E-state index in [2.05, 4.69) is 4.99 Å². The maximum absolute atomic E-state index is 12.2. The van der Waals surface area contributed by atoms with Crippen LogP contribution in [0.2, 0.25) is 0 Å². The predicted octanol–water partition coefficient (Wildman–Crippen LogP) is 2.34. The maximum Gasteiger partial charge on any atom is 0.255 e. The summed E-state index contributed by atoms with van der Waals surface area (Å²) in [5, 5.41) is 2.81. The Kier molecular flexibility index (Phi) is 4.44. The highest BCUT2D eigenvalue weighted by Gasteiger charge is 2.35. The second-order valence-corrected chi connectivity index (χ2v) is 6.36. The molecule has 0 saturated carbocycles. The number of allylic oxidation sites excluding steroid dienone is 1. The van der Waals surface area contributed by atoms with Gasteiger partial charge in [-0.3, -0.25) is 9.59 Å². The molecule has 24 heavy (non-hydrogen) atoms. The Morgan fingerprint density at radius 1 is 1.33 bits per heavy atom. The third kappa shape index (κ3) is 3.07. The van der Waals surface area contributed by atoms with Gasteiger partial charge in [0.2, 0.25) is 0 Å². The van der Waals surface area contributed by atoms with Gasteiger partial charge in [0.05, 0.1) is 6.04 Å². The van der Waals surface area contributed by atoms with Crippen molar-refractivity contribution in [3.63, 3.8) is 0 Å². The third-order valence-corrected chi connectivity index (χ3v) is 4.55. The summed E-state index contributed by atoms with van der Waals surface area (Å²) in [5.41, 5.74) is 7.44. The van der Waals surface area contributed by atoms with Crippen LogP contribution in [0.15, 0.2) is 52.1 Å². The van der Waals surface area contributed by atoms with Crippen LogP contribution in [0.3, 0.4) is 0 Å². The van der Waals surface area contributed by atoms with E-state index in [-0.39, 0.29) is 18.4 Å².